The highest BCUT2D eigenvalue weighted by molar-refractivity contribution is 5.75. The molecule has 6 heteroatoms. The summed E-state index contributed by atoms with van der Waals surface area (Å²) in [6, 6.07) is 3.70. The van der Waals surface area contributed by atoms with Gasteiger partial charge in [0, 0.05) is 20.5 Å². The minimum absolute atomic E-state index is 0.0382. The van der Waals surface area contributed by atoms with Gasteiger partial charge in [-0.15, -0.1) is 0 Å². The van der Waals surface area contributed by atoms with E-state index in [0.717, 1.165) is 5.56 Å². The second kappa shape index (κ2) is 7.59. The molecule has 112 valence electrons. The molecule has 1 rings (SSSR count). The number of nitrogens with one attached hydrogen (secondary N) is 1. The zero-order chi connectivity index (χ0) is 15.1. The van der Waals surface area contributed by atoms with E-state index >= 15 is 0 Å². The number of rotatable bonds is 7. The van der Waals surface area contributed by atoms with E-state index < -0.39 is 0 Å². The van der Waals surface area contributed by atoms with Crippen molar-refractivity contribution in [2.75, 3.05) is 35.4 Å². The van der Waals surface area contributed by atoms with Crippen molar-refractivity contribution in [3.8, 4) is 17.2 Å². The number of nitrogens with zero attached hydrogens (tertiary/aromatic N) is 1. The van der Waals surface area contributed by atoms with Crippen LogP contribution in [-0.4, -0.2) is 46.3 Å². The zero-order valence-electron chi connectivity index (χ0n) is 12.6. The van der Waals surface area contributed by atoms with Gasteiger partial charge in [-0.3, -0.25) is 10.2 Å². The van der Waals surface area contributed by atoms with Gasteiger partial charge in [0.2, 0.25) is 11.7 Å². The molecule has 1 amide bonds. The summed E-state index contributed by atoms with van der Waals surface area (Å²) in [6.07, 6.45) is 0.979. The zero-order valence-corrected chi connectivity index (χ0v) is 12.6. The Kier molecular flexibility index (Phi) is 6.11. The predicted molar refractivity (Wildman–Crippen MR) is 76.2 cm³/mol. The average molecular weight is 282 g/mol. The van der Waals surface area contributed by atoms with Gasteiger partial charge < -0.3 is 14.2 Å². The van der Waals surface area contributed by atoms with Crippen molar-refractivity contribution in [2.24, 2.45) is 0 Å². The van der Waals surface area contributed by atoms with Crippen molar-refractivity contribution in [1.82, 2.24) is 10.4 Å². The molecule has 0 aliphatic carbocycles. The molecule has 0 atom stereocenters. The number of ether oxygens (including phenoxy) is 3. The van der Waals surface area contributed by atoms with Crippen molar-refractivity contribution < 1.29 is 19.0 Å². The summed E-state index contributed by atoms with van der Waals surface area (Å²) >= 11 is 0. The maximum absolute atomic E-state index is 11.6. The summed E-state index contributed by atoms with van der Waals surface area (Å²) in [5.41, 5.74) is 3.65. The second-order valence-electron chi connectivity index (χ2n) is 4.46. The normalized spacial score (nSPS) is 10.3. The minimum atomic E-state index is -0.0382. The van der Waals surface area contributed by atoms with Crippen LogP contribution in [0.3, 0.4) is 0 Å². The number of carbonyl (C=O) groups is 1. The van der Waals surface area contributed by atoms with E-state index in [9.17, 15) is 4.79 Å². The van der Waals surface area contributed by atoms with E-state index in [1.54, 1.807) is 40.4 Å². The molecule has 0 bridgehead atoms. The Balaban J connectivity index is 2.83. The van der Waals surface area contributed by atoms with E-state index in [-0.39, 0.29) is 5.91 Å². The molecule has 1 aromatic rings. The van der Waals surface area contributed by atoms with Crippen molar-refractivity contribution in [1.29, 1.82) is 0 Å². The fraction of sp³-hybridized carbons (Fsp3) is 0.500. The minimum Gasteiger partial charge on any atom is -0.493 e. The van der Waals surface area contributed by atoms with Gasteiger partial charge in [0.05, 0.1) is 21.3 Å². The third-order valence-corrected chi connectivity index (χ3v) is 2.71. The number of benzene rings is 1. The molecular weight excluding hydrogens is 260 g/mol. The highest BCUT2D eigenvalue weighted by Gasteiger charge is 2.13. The lowest BCUT2D eigenvalue weighted by atomic mass is 10.1. The van der Waals surface area contributed by atoms with Crippen LogP contribution in [0.15, 0.2) is 12.1 Å². The molecule has 0 aliphatic heterocycles. The monoisotopic (exact) mass is 282 g/mol. The quantitative estimate of drug-likeness (QED) is 0.762. The van der Waals surface area contributed by atoms with Crippen LogP contribution in [0, 0.1) is 0 Å². The molecule has 0 heterocycles. The van der Waals surface area contributed by atoms with Gasteiger partial charge in [-0.05, 0) is 24.1 Å². The Morgan fingerprint density at radius 2 is 1.65 bits per heavy atom. The molecule has 0 spiro atoms. The average Bonchev–Trinajstić information content (AvgIpc) is 2.42. The van der Waals surface area contributed by atoms with Gasteiger partial charge in [-0.2, -0.15) is 0 Å². The lowest BCUT2D eigenvalue weighted by molar-refractivity contribution is -0.124. The fourth-order valence-electron chi connectivity index (χ4n) is 1.84. The first-order valence-electron chi connectivity index (χ1n) is 6.27. The van der Waals surface area contributed by atoms with Crippen molar-refractivity contribution in [3.05, 3.63) is 17.7 Å². The predicted octanol–water partition coefficient (Wildman–Crippen LogP) is 1.24. The molecule has 1 N–H and O–H groups in total. The van der Waals surface area contributed by atoms with Crippen LogP contribution in [0.5, 0.6) is 17.2 Å². The summed E-state index contributed by atoms with van der Waals surface area (Å²) in [5.74, 6) is 1.70. The number of hydrogen-bond donors (Lipinski definition) is 1. The number of methoxy groups -OCH3 is 3. The SMILES string of the molecule is COc1cc(CCC(=O)NN(C)C)cc(OC)c1OC. The second-order valence-corrected chi connectivity index (χ2v) is 4.46. The van der Waals surface area contributed by atoms with Crippen molar-refractivity contribution in [2.45, 2.75) is 12.8 Å². The summed E-state index contributed by atoms with van der Waals surface area (Å²) in [7, 11) is 8.25. The largest absolute Gasteiger partial charge is 0.493 e. The topological polar surface area (TPSA) is 60.0 Å². The first kappa shape index (κ1) is 16.1. The van der Waals surface area contributed by atoms with Gasteiger partial charge in [-0.25, -0.2) is 5.01 Å². The van der Waals surface area contributed by atoms with E-state index in [4.69, 9.17) is 14.2 Å². The maximum Gasteiger partial charge on any atom is 0.234 e. The molecule has 0 aromatic heterocycles. The summed E-state index contributed by atoms with van der Waals surface area (Å²) in [5, 5.41) is 1.62. The summed E-state index contributed by atoms with van der Waals surface area (Å²) < 4.78 is 15.8. The molecule has 0 radical (unpaired) electrons. The Bertz CT molecular complexity index is 435. The lowest BCUT2D eigenvalue weighted by Crippen LogP contribution is -2.36. The van der Waals surface area contributed by atoms with E-state index in [0.29, 0.717) is 30.1 Å². The van der Waals surface area contributed by atoms with Crippen LogP contribution in [0.1, 0.15) is 12.0 Å². The molecule has 0 aliphatic rings. The molecule has 0 fully saturated rings. The van der Waals surface area contributed by atoms with Gasteiger partial charge in [0.15, 0.2) is 11.5 Å². The molecule has 6 nitrogen and oxygen atoms in total. The highest BCUT2D eigenvalue weighted by Crippen LogP contribution is 2.38. The summed E-state index contributed by atoms with van der Waals surface area (Å²) in [6.45, 7) is 0. The van der Waals surface area contributed by atoms with Gasteiger partial charge in [0.25, 0.3) is 0 Å². The van der Waals surface area contributed by atoms with Crippen molar-refractivity contribution in [3.63, 3.8) is 0 Å². The van der Waals surface area contributed by atoms with Gasteiger partial charge in [-0.1, -0.05) is 0 Å². The van der Waals surface area contributed by atoms with Crippen LogP contribution in [0.4, 0.5) is 0 Å². The van der Waals surface area contributed by atoms with Crippen LogP contribution < -0.4 is 19.6 Å². The Morgan fingerprint density at radius 3 is 2.05 bits per heavy atom. The van der Waals surface area contributed by atoms with Crippen LogP contribution in [0.2, 0.25) is 0 Å². The van der Waals surface area contributed by atoms with Crippen LogP contribution in [0.25, 0.3) is 0 Å². The molecule has 0 saturated carbocycles. The Morgan fingerprint density at radius 1 is 1.10 bits per heavy atom. The van der Waals surface area contributed by atoms with Gasteiger partial charge in [0.1, 0.15) is 0 Å². The highest BCUT2D eigenvalue weighted by atomic mass is 16.5. The third kappa shape index (κ3) is 4.31. The van der Waals surface area contributed by atoms with Crippen LogP contribution in [-0.2, 0) is 11.2 Å². The maximum atomic E-state index is 11.6. The van der Waals surface area contributed by atoms with Crippen molar-refractivity contribution >= 4 is 5.91 Å². The number of hydrazine groups is 1. The third-order valence-electron chi connectivity index (χ3n) is 2.71. The van der Waals surface area contributed by atoms with Gasteiger partial charge >= 0.3 is 0 Å². The van der Waals surface area contributed by atoms with E-state index in [1.807, 2.05) is 12.1 Å². The lowest BCUT2D eigenvalue weighted by Gasteiger charge is -2.15. The smallest absolute Gasteiger partial charge is 0.234 e. The number of hydrogen-bond acceptors (Lipinski definition) is 5. The molecular formula is C14H22N2O4. The Labute approximate surface area is 119 Å². The first-order valence-corrected chi connectivity index (χ1v) is 6.27. The molecule has 20 heavy (non-hydrogen) atoms. The standard InChI is InChI=1S/C14H22N2O4/c1-16(2)15-13(17)7-6-10-8-11(18-3)14(20-5)12(9-10)19-4/h8-9H,6-7H2,1-5H3,(H,15,17). The van der Waals surface area contributed by atoms with Crippen LogP contribution >= 0.6 is 0 Å². The van der Waals surface area contributed by atoms with E-state index in [2.05, 4.69) is 5.43 Å². The molecule has 0 unspecified atom stereocenters. The number of aryl methyl sites for hydroxylation is 1. The molecule has 0 saturated heterocycles. The summed E-state index contributed by atoms with van der Waals surface area (Å²) in [4.78, 5) is 11.6. The van der Waals surface area contributed by atoms with E-state index in [1.165, 1.54) is 0 Å². The fourth-order valence-corrected chi connectivity index (χ4v) is 1.84. The number of amides is 1. The Hall–Kier alpha value is -1.95. The number of carbonyl (C=O) groups excluding carboxylic acids is 1. The first-order chi connectivity index (χ1) is 9.51. The molecule has 1 aromatic carbocycles.